The van der Waals surface area contributed by atoms with E-state index in [4.69, 9.17) is 9.47 Å². The fraction of sp³-hybridized carbons (Fsp3) is 0.462. The molecule has 0 aliphatic carbocycles. The van der Waals surface area contributed by atoms with Gasteiger partial charge in [-0.05, 0) is 18.4 Å². The molecule has 1 aliphatic rings. The van der Waals surface area contributed by atoms with E-state index in [1.807, 2.05) is 30.3 Å². The minimum absolute atomic E-state index is 0.121. The number of hydrogen-bond donors (Lipinski definition) is 0. The van der Waals surface area contributed by atoms with Crippen LogP contribution in [0.15, 0.2) is 30.3 Å². The van der Waals surface area contributed by atoms with E-state index in [-0.39, 0.29) is 5.97 Å². The molecule has 1 saturated heterocycles. The number of carbonyl (C=O) groups excluding carboxylic acids is 1. The van der Waals surface area contributed by atoms with Gasteiger partial charge in [0.2, 0.25) is 0 Å². The van der Waals surface area contributed by atoms with Gasteiger partial charge in [-0.25, -0.2) is 0 Å². The molecule has 0 amide bonds. The maximum Gasteiger partial charge on any atom is 0.306 e. The van der Waals surface area contributed by atoms with Gasteiger partial charge >= 0.3 is 5.97 Å². The minimum atomic E-state index is -0.121. The summed E-state index contributed by atoms with van der Waals surface area (Å²) in [6, 6.07) is 9.72. The van der Waals surface area contributed by atoms with Crippen LogP contribution in [-0.2, 0) is 20.9 Å². The Morgan fingerprint density at radius 3 is 2.81 bits per heavy atom. The van der Waals surface area contributed by atoms with Gasteiger partial charge in [-0.1, -0.05) is 30.3 Å². The first kappa shape index (κ1) is 11.1. The zero-order valence-corrected chi connectivity index (χ0v) is 9.22. The Morgan fingerprint density at radius 2 is 2.12 bits per heavy atom. The van der Waals surface area contributed by atoms with Crippen molar-refractivity contribution < 1.29 is 14.3 Å². The predicted octanol–water partition coefficient (Wildman–Crippen LogP) is 2.30. The van der Waals surface area contributed by atoms with E-state index in [1.165, 1.54) is 0 Å². The monoisotopic (exact) mass is 220 g/mol. The molecule has 1 aromatic carbocycles. The molecular weight excluding hydrogens is 204 g/mol. The predicted molar refractivity (Wildman–Crippen MR) is 59.8 cm³/mol. The van der Waals surface area contributed by atoms with E-state index in [1.54, 1.807) is 0 Å². The Bertz CT molecular complexity index is 330. The van der Waals surface area contributed by atoms with Crippen LogP contribution in [-0.4, -0.2) is 18.7 Å². The average Bonchev–Trinajstić information content (AvgIpc) is 3.12. The molecule has 1 aliphatic heterocycles. The number of epoxide rings is 1. The van der Waals surface area contributed by atoms with E-state index in [0.29, 0.717) is 19.1 Å². The Morgan fingerprint density at radius 1 is 1.38 bits per heavy atom. The highest BCUT2D eigenvalue weighted by Gasteiger charge is 2.21. The lowest BCUT2D eigenvalue weighted by molar-refractivity contribution is -0.145. The van der Waals surface area contributed by atoms with Gasteiger partial charge in [-0.3, -0.25) is 4.79 Å². The van der Waals surface area contributed by atoms with E-state index in [0.717, 1.165) is 25.0 Å². The fourth-order valence-corrected chi connectivity index (χ4v) is 1.52. The van der Waals surface area contributed by atoms with E-state index >= 15 is 0 Å². The number of esters is 1. The van der Waals surface area contributed by atoms with Crippen LogP contribution >= 0.6 is 0 Å². The molecule has 16 heavy (non-hydrogen) atoms. The van der Waals surface area contributed by atoms with Crippen molar-refractivity contribution in [2.45, 2.75) is 32.0 Å². The molecule has 0 N–H and O–H groups in total. The number of benzene rings is 1. The lowest BCUT2D eigenvalue weighted by Gasteiger charge is -2.04. The zero-order valence-electron chi connectivity index (χ0n) is 9.22. The van der Waals surface area contributed by atoms with E-state index < -0.39 is 0 Å². The summed E-state index contributed by atoms with van der Waals surface area (Å²) in [7, 11) is 0. The van der Waals surface area contributed by atoms with Crippen LogP contribution < -0.4 is 0 Å². The molecule has 1 atom stereocenters. The summed E-state index contributed by atoms with van der Waals surface area (Å²) in [6.07, 6.45) is 2.73. The summed E-state index contributed by atoms with van der Waals surface area (Å²) in [5.41, 5.74) is 1.03. The number of carbonyl (C=O) groups is 1. The molecule has 1 heterocycles. The molecule has 0 spiro atoms. The zero-order chi connectivity index (χ0) is 11.2. The third-order valence-corrected chi connectivity index (χ3v) is 2.55. The molecule has 2 rings (SSSR count). The maximum atomic E-state index is 11.4. The van der Waals surface area contributed by atoms with Crippen molar-refractivity contribution in [2.24, 2.45) is 0 Å². The number of ether oxygens (including phenoxy) is 2. The van der Waals surface area contributed by atoms with Gasteiger partial charge < -0.3 is 9.47 Å². The molecular formula is C13H16O3. The van der Waals surface area contributed by atoms with E-state index in [9.17, 15) is 4.79 Å². The van der Waals surface area contributed by atoms with Crippen molar-refractivity contribution in [2.75, 3.05) is 6.61 Å². The molecule has 0 saturated carbocycles. The topological polar surface area (TPSA) is 38.8 Å². The molecule has 1 aromatic rings. The van der Waals surface area contributed by atoms with Crippen molar-refractivity contribution in [1.29, 1.82) is 0 Å². The third kappa shape index (κ3) is 4.03. The van der Waals surface area contributed by atoms with Crippen LogP contribution in [0.2, 0.25) is 0 Å². The lowest BCUT2D eigenvalue weighted by Crippen LogP contribution is -2.04. The van der Waals surface area contributed by atoms with Gasteiger partial charge in [0.1, 0.15) is 6.61 Å². The first-order valence-electron chi connectivity index (χ1n) is 5.66. The smallest absolute Gasteiger partial charge is 0.306 e. The molecule has 1 fully saturated rings. The summed E-state index contributed by atoms with van der Waals surface area (Å²) >= 11 is 0. The largest absolute Gasteiger partial charge is 0.461 e. The van der Waals surface area contributed by atoms with Crippen LogP contribution in [0.3, 0.4) is 0 Å². The molecule has 3 nitrogen and oxygen atoms in total. The first-order valence-corrected chi connectivity index (χ1v) is 5.66. The molecule has 0 bridgehead atoms. The van der Waals surface area contributed by atoms with E-state index in [2.05, 4.69) is 0 Å². The van der Waals surface area contributed by atoms with Crippen molar-refractivity contribution in [3.63, 3.8) is 0 Å². The van der Waals surface area contributed by atoms with Gasteiger partial charge in [0.15, 0.2) is 0 Å². The second kappa shape index (κ2) is 5.66. The highest BCUT2D eigenvalue weighted by atomic mass is 16.6. The maximum absolute atomic E-state index is 11.4. The molecule has 3 heteroatoms. The van der Waals surface area contributed by atoms with Gasteiger partial charge in [0.05, 0.1) is 12.7 Å². The molecule has 1 unspecified atom stereocenters. The van der Waals surface area contributed by atoms with Gasteiger partial charge in [-0.15, -0.1) is 0 Å². The first-order chi connectivity index (χ1) is 7.84. The summed E-state index contributed by atoms with van der Waals surface area (Å²) in [4.78, 5) is 11.4. The molecule has 86 valence electrons. The minimum Gasteiger partial charge on any atom is -0.461 e. The second-order valence-electron chi connectivity index (χ2n) is 3.99. The summed E-state index contributed by atoms with van der Waals surface area (Å²) < 4.78 is 10.2. The van der Waals surface area contributed by atoms with Crippen LogP contribution in [0, 0.1) is 0 Å². The molecule has 0 aromatic heterocycles. The summed E-state index contributed by atoms with van der Waals surface area (Å²) in [5, 5.41) is 0. The molecule has 0 radical (unpaired) electrons. The van der Waals surface area contributed by atoms with Gasteiger partial charge in [0, 0.05) is 6.42 Å². The fourth-order valence-electron chi connectivity index (χ4n) is 1.52. The summed E-state index contributed by atoms with van der Waals surface area (Å²) in [6.45, 7) is 1.23. The Labute approximate surface area is 95.4 Å². The number of hydrogen-bond acceptors (Lipinski definition) is 3. The SMILES string of the molecule is O=C(CCCC1CO1)OCc1ccccc1. The Kier molecular flexibility index (Phi) is 3.94. The van der Waals surface area contributed by atoms with Crippen molar-refractivity contribution >= 4 is 5.97 Å². The quantitative estimate of drug-likeness (QED) is 0.545. The Balaban J connectivity index is 1.59. The highest BCUT2D eigenvalue weighted by Crippen LogP contribution is 2.16. The van der Waals surface area contributed by atoms with Crippen molar-refractivity contribution in [3.8, 4) is 0 Å². The highest BCUT2D eigenvalue weighted by molar-refractivity contribution is 5.69. The second-order valence-corrected chi connectivity index (χ2v) is 3.99. The standard InChI is InChI=1S/C13H16O3/c14-13(8-4-7-12-10-15-12)16-9-11-5-2-1-3-6-11/h1-3,5-6,12H,4,7-10H2. The van der Waals surface area contributed by atoms with Gasteiger partial charge in [0.25, 0.3) is 0 Å². The lowest BCUT2D eigenvalue weighted by atomic mass is 10.2. The van der Waals surface area contributed by atoms with Crippen LogP contribution in [0.1, 0.15) is 24.8 Å². The van der Waals surface area contributed by atoms with Crippen LogP contribution in [0.4, 0.5) is 0 Å². The average molecular weight is 220 g/mol. The van der Waals surface area contributed by atoms with Crippen LogP contribution in [0.5, 0.6) is 0 Å². The number of rotatable bonds is 6. The Hall–Kier alpha value is -1.35. The van der Waals surface area contributed by atoms with Crippen molar-refractivity contribution in [3.05, 3.63) is 35.9 Å². The normalized spacial score (nSPS) is 18.1. The third-order valence-electron chi connectivity index (χ3n) is 2.55. The summed E-state index contributed by atoms with van der Waals surface area (Å²) in [5.74, 6) is -0.121. The van der Waals surface area contributed by atoms with Crippen molar-refractivity contribution in [1.82, 2.24) is 0 Å². The van der Waals surface area contributed by atoms with Gasteiger partial charge in [-0.2, -0.15) is 0 Å². The van der Waals surface area contributed by atoms with Crippen LogP contribution in [0.25, 0.3) is 0 Å².